The Morgan fingerprint density at radius 3 is 2.56 bits per heavy atom. The number of aryl methyl sites for hydroxylation is 3. The third kappa shape index (κ3) is 3.00. The number of rotatable bonds is 2. The van der Waals surface area contributed by atoms with Crippen LogP contribution in [0.4, 0.5) is 13.2 Å². The molecule has 0 aliphatic heterocycles. The van der Waals surface area contributed by atoms with Crippen molar-refractivity contribution in [3.05, 3.63) is 70.1 Å². The highest BCUT2D eigenvalue weighted by atomic mass is 19.4. The lowest BCUT2D eigenvalue weighted by Gasteiger charge is -2.16. The topological polar surface area (TPSA) is 76.7 Å². The Balaban J connectivity index is 1.94. The van der Waals surface area contributed by atoms with Gasteiger partial charge in [0, 0.05) is 29.8 Å². The molecule has 0 fully saturated rings. The number of H-pyrrole nitrogens is 1. The van der Waals surface area contributed by atoms with Crippen LogP contribution < -0.4 is 5.69 Å². The largest absolute Gasteiger partial charge is 0.417 e. The minimum Gasteiger partial charge on any atom is -0.361 e. The number of alkyl halides is 3. The lowest BCUT2D eigenvalue weighted by atomic mass is 9.92. The summed E-state index contributed by atoms with van der Waals surface area (Å²) in [5.41, 5.74) is 2.05. The quantitative estimate of drug-likeness (QED) is 0.402. The second kappa shape index (κ2) is 6.81. The monoisotopic (exact) mass is 438 g/mol. The van der Waals surface area contributed by atoms with Gasteiger partial charge in [0.2, 0.25) is 0 Å². The lowest BCUT2D eigenvalue weighted by molar-refractivity contribution is -0.137. The van der Waals surface area contributed by atoms with Crippen LogP contribution in [0.25, 0.3) is 44.2 Å². The summed E-state index contributed by atoms with van der Waals surface area (Å²) in [7, 11) is 1.52. The predicted octanol–water partition coefficient (Wildman–Crippen LogP) is 5.37. The second-order valence-electron chi connectivity index (χ2n) is 7.70. The van der Waals surface area contributed by atoms with Crippen molar-refractivity contribution in [3.8, 4) is 22.3 Å². The van der Waals surface area contributed by atoms with Crippen molar-refractivity contribution >= 4 is 21.9 Å². The maximum absolute atomic E-state index is 14.1. The van der Waals surface area contributed by atoms with Crippen molar-refractivity contribution in [2.75, 3.05) is 0 Å². The van der Waals surface area contributed by atoms with Crippen LogP contribution in [0.1, 0.15) is 17.0 Å². The average molecular weight is 438 g/mol. The van der Waals surface area contributed by atoms with E-state index < -0.39 is 17.4 Å². The molecule has 162 valence electrons. The van der Waals surface area contributed by atoms with Crippen LogP contribution in [0.2, 0.25) is 0 Å². The first-order valence-corrected chi connectivity index (χ1v) is 9.77. The zero-order valence-corrected chi connectivity index (χ0v) is 17.3. The average Bonchev–Trinajstić information content (AvgIpc) is 3.23. The summed E-state index contributed by atoms with van der Waals surface area (Å²) < 4.78 is 49.0. The number of pyridine rings is 1. The number of hydrogen-bond donors (Lipinski definition) is 1. The highest BCUT2D eigenvalue weighted by Crippen LogP contribution is 2.43. The molecule has 5 rings (SSSR count). The van der Waals surface area contributed by atoms with E-state index in [1.165, 1.54) is 23.9 Å². The molecule has 0 spiro atoms. The van der Waals surface area contributed by atoms with Crippen molar-refractivity contribution < 1.29 is 17.7 Å². The van der Waals surface area contributed by atoms with E-state index in [-0.39, 0.29) is 11.1 Å². The summed E-state index contributed by atoms with van der Waals surface area (Å²) in [5, 5.41) is 4.33. The van der Waals surface area contributed by atoms with E-state index in [4.69, 9.17) is 4.52 Å². The fourth-order valence-electron chi connectivity index (χ4n) is 4.21. The Bertz CT molecular complexity index is 1560. The van der Waals surface area contributed by atoms with E-state index >= 15 is 0 Å². The van der Waals surface area contributed by atoms with Crippen molar-refractivity contribution in [3.63, 3.8) is 0 Å². The van der Waals surface area contributed by atoms with E-state index in [2.05, 4.69) is 15.1 Å². The number of nitrogens with zero attached hydrogens (tertiary/aromatic N) is 3. The van der Waals surface area contributed by atoms with E-state index in [0.29, 0.717) is 44.5 Å². The molecular weight excluding hydrogens is 421 g/mol. The first-order chi connectivity index (χ1) is 15.1. The minimum atomic E-state index is -4.61. The van der Waals surface area contributed by atoms with E-state index in [1.807, 2.05) is 0 Å². The van der Waals surface area contributed by atoms with Gasteiger partial charge in [0.05, 0.1) is 27.8 Å². The van der Waals surface area contributed by atoms with Crippen molar-refractivity contribution in [2.24, 2.45) is 7.05 Å². The molecule has 3 heterocycles. The smallest absolute Gasteiger partial charge is 0.361 e. The zero-order chi connectivity index (χ0) is 22.8. The van der Waals surface area contributed by atoms with E-state index in [9.17, 15) is 18.0 Å². The lowest BCUT2D eigenvalue weighted by Crippen LogP contribution is -2.12. The molecule has 3 aromatic heterocycles. The number of fused-ring (bicyclic) bond motifs is 2. The fraction of sp³-hybridized carbons (Fsp3) is 0.174. The molecule has 6 nitrogen and oxygen atoms in total. The number of imidazole rings is 1. The Morgan fingerprint density at radius 2 is 1.88 bits per heavy atom. The highest BCUT2D eigenvalue weighted by Gasteiger charge is 2.35. The summed E-state index contributed by atoms with van der Waals surface area (Å²) in [5.74, 6) is 0.530. The Labute approximate surface area is 179 Å². The second-order valence-corrected chi connectivity index (χ2v) is 7.70. The molecule has 0 aliphatic rings. The van der Waals surface area contributed by atoms with Crippen molar-refractivity contribution in [2.45, 2.75) is 20.0 Å². The number of aromatic amines is 1. The van der Waals surface area contributed by atoms with Gasteiger partial charge in [-0.15, -0.1) is 0 Å². The summed E-state index contributed by atoms with van der Waals surface area (Å²) in [6.45, 7) is 3.48. The van der Waals surface area contributed by atoms with Gasteiger partial charge in [-0.1, -0.05) is 11.2 Å². The number of hydrogen-bond acceptors (Lipinski definition) is 4. The molecule has 9 heteroatoms. The summed E-state index contributed by atoms with van der Waals surface area (Å²) in [6, 6.07) is 9.05. The van der Waals surface area contributed by atoms with Gasteiger partial charge in [0.25, 0.3) is 0 Å². The standard InChI is InChI=1S/C23H17F3N4O2/c1-11-20(12(2)32-29-11)14-7-16(21-19(9-14)28-22(31)30(21)3)15-10-18-13(5-4-6-27-18)8-17(15)23(24,25)26/h4-10H,1-3H3,(H,28,31). The Morgan fingerprint density at radius 1 is 1.09 bits per heavy atom. The number of aromatic nitrogens is 4. The van der Waals surface area contributed by atoms with Crippen molar-refractivity contribution in [1.82, 2.24) is 19.7 Å². The van der Waals surface area contributed by atoms with Gasteiger partial charge in [-0.25, -0.2) is 4.79 Å². The molecule has 0 bridgehead atoms. The Kier molecular flexibility index (Phi) is 4.27. The molecule has 0 atom stereocenters. The molecule has 0 saturated carbocycles. The molecule has 5 aromatic rings. The van der Waals surface area contributed by atoms with Gasteiger partial charge in [-0.05, 0) is 55.3 Å². The maximum Gasteiger partial charge on any atom is 0.417 e. The highest BCUT2D eigenvalue weighted by molar-refractivity contribution is 5.99. The molecule has 32 heavy (non-hydrogen) atoms. The molecule has 2 aromatic carbocycles. The molecule has 0 amide bonds. The van der Waals surface area contributed by atoms with Gasteiger partial charge in [-0.3, -0.25) is 9.55 Å². The Hall–Kier alpha value is -3.88. The summed E-state index contributed by atoms with van der Waals surface area (Å²) >= 11 is 0. The van der Waals surface area contributed by atoms with Crippen LogP contribution in [0.3, 0.4) is 0 Å². The van der Waals surface area contributed by atoms with Gasteiger partial charge >= 0.3 is 11.9 Å². The minimum absolute atomic E-state index is 0.0584. The SMILES string of the molecule is Cc1noc(C)c1-c1cc(-c2cc3ncccc3cc2C(F)(F)F)c2c(c1)[nH]c(=O)n2C. The molecular formula is C23H17F3N4O2. The predicted molar refractivity (Wildman–Crippen MR) is 114 cm³/mol. The first-order valence-electron chi connectivity index (χ1n) is 9.77. The van der Waals surface area contributed by atoms with Crippen LogP contribution in [0, 0.1) is 13.8 Å². The number of nitrogens with one attached hydrogen (secondary N) is 1. The first kappa shape index (κ1) is 20.0. The van der Waals surface area contributed by atoms with Gasteiger partial charge < -0.3 is 9.51 Å². The van der Waals surface area contributed by atoms with E-state index in [1.54, 1.807) is 38.1 Å². The third-order valence-electron chi connectivity index (χ3n) is 5.65. The maximum atomic E-state index is 14.1. The van der Waals surface area contributed by atoms with Crippen LogP contribution >= 0.6 is 0 Å². The van der Waals surface area contributed by atoms with Crippen LogP contribution in [0.15, 0.2) is 51.9 Å². The molecule has 1 N–H and O–H groups in total. The number of halogens is 3. The normalized spacial score (nSPS) is 12.2. The summed E-state index contributed by atoms with van der Waals surface area (Å²) in [6.07, 6.45) is -3.08. The molecule has 0 unspecified atom stereocenters. The van der Waals surface area contributed by atoms with E-state index in [0.717, 1.165) is 6.07 Å². The number of benzene rings is 2. The van der Waals surface area contributed by atoms with Gasteiger partial charge in [0.15, 0.2) is 0 Å². The third-order valence-corrected chi connectivity index (χ3v) is 5.65. The van der Waals surface area contributed by atoms with Crippen molar-refractivity contribution in [1.29, 1.82) is 0 Å². The van der Waals surface area contributed by atoms with Gasteiger partial charge in [0.1, 0.15) is 5.76 Å². The van der Waals surface area contributed by atoms with Gasteiger partial charge in [-0.2, -0.15) is 13.2 Å². The molecule has 0 radical (unpaired) electrons. The van der Waals surface area contributed by atoms with Crippen LogP contribution in [0.5, 0.6) is 0 Å². The van der Waals surface area contributed by atoms with Crippen LogP contribution in [-0.2, 0) is 13.2 Å². The van der Waals surface area contributed by atoms with Crippen LogP contribution in [-0.4, -0.2) is 19.7 Å². The summed E-state index contributed by atoms with van der Waals surface area (Å²) in [4.78, 5) is 19.4. The molecule has 0 aliphatic carbocycles. The molecule has 0 saturated heterocycles. The zero-order valence-electron chi connectivity index (χ0n) is 17.3. The fourth-order valence-corrected chi connectivity index (χ4v) is 4.21.